The Morgan fingerprint density at radius 2 is 1.64 bits per heavy atom. The van der Waals surface area contributed by atoms with Crippen LogP contribution in [0.5, 0.6) is 0 Å². The molecule has 1 nitrogen and oxygen atoms in total. The number of rotatable bonds is 5. The van der Waals surface area contributed by atoms with Crippen molar-refractivity contribution in [3.8, 4) is 11.1 Å². The van der Waals surface area contributed by atoms with Crippen LogP contribution in [0, 0.1) is 23.4 Å². The summed E-state index contributed by atoms with van der Waals surface area (Å²) in [7, 11) is 0. The van der Waals surface area contributed by atoms with Crippen LogP contribution in [0.15, 0.2) is 36.4 Å². The second-order valence-corrected chi connectivity index (χ2v) is 8.68. The summed E-state index contributed by atoms with van der Waals surface area (Å²) < 4.78 is 47.9. The fourth-order valence-corrected chi connectivity index (χ4v) is 4.93. The molecule has 0 aliphatic heterocycles. The van der Waals surface area contributed by atoms with Gasteiger partial charge in [0.25, 0.3) is 0 Å². The van der Waals surface area contributed by atoms with Crippen molar-refractivity contribution in [2.45, 2.75) is 38.0 Å². The maximum absolute atomic E-state index is 14.5. The van der Waals surface area contributed by atoms with Gasteiger partial charge in [-0.05, 0) is 6.07 Å². The normalized spacial score (nSPS) is 20.8. The predicted molar refractivity (Wildman–Crippen MR) is 90.1 cm³/mol. The van der Waals surface area contributed by atoms with Gasteiger partial charge in [0, 0.05) is 0 Å². The number of hydrogen-bond acceptors (Lipinski definition) is 1. The zero-order chi connectivity index (χ0) is 17.8. The van der Waals surface area contributed by atoms with Crippen molar-refractivity contribution < 1.29 is 34.7 Å². The van der Waals surface area contributed by atoms with Crippen molar-refractivity contribution in [3.63, 3.8) is 0 Å². The van der Waals surface area contributed by atoms with Crippen molar-refractivity contribution in [2.24, 2.45) is 9.86 Å². The van der Waals surface area contributed by atoms with Gasteiger partial charge in [0.15, 0.2) is 11.6 Å². The van der Waals surface area contributed by atoms with E-state index in [-0.39, 0.29) is 27.3 Å². The molecule has 136 valence electrons. The Kier molecular flexibility index (Phi) is 6.39. The molecule has 0 spiro atoms. The van der Waals surface area contributed by atoms with Crippen LogP contribution in [0.25, 0.3) is 11.1 Å². The Morgan fingerprint density at radius 1 is 0.880 bits per heavy atom. The molecule has 5 heteroatoms. The summed E-state index contributed by atoms with van der Waals surface area (Å²) in [6, 6.07) is 8.65. The molecule has 0 saturated heterocycles. The zero-order valence-electron chi connectivity index (χ0n) is 14.0. The van der Waals surface area contributed by atoms with Crippen molar-refractivity contribution in [1.29, 1.82) is 0 Å². The second-order valence-electron chi connectivity index (χ2n) is 6.72. The van der Waals surface area contributed by atoms with E-state index < -0.39 is 11.6 Å². The fraction of sp³-hybridized carbons (Fsp3) is 0.400. The second kappa shape index (κ2) is 8.54. The van der Waals surface area contributed by atoms with Gasteiger partial charge in [-0.3, -0.25) is 0 Å². The first-order valence-corrected chi connectivity index (χ1v) is 11.4. The molecule has 2 aromatic carbocycles. The van der Waals surface area contributed by atoms with Crippen LogP contribution in [-0.2, 0) is 0 Å². The van der Waals surface area contributed by atoms with Gasteiger partial charge in [-0.25, -0.2) is 8.78 Å². The molecule has 1 saturated carbocycles. The Morgan fingerprint density at radius 3 is 2.28 bits per heavy atom. The Balaban J connectivity index is 1.71. The maximum atomic E-state index is 14.5. The van der Waals surface area contributed by atoms with Crippen LogP contribution in [0.2, 0.25) is 0 Å². The number of benzene rings is 2. The quantitative estimate of drug-likeness (QED) is 0.414. The molecule has 0 unspecified atom stereocenters. The Bertz CT molecular complexity index is 727. The van der Waals surface area contributed by atoms with E-state index in [1.807, 2.05) is 6.07 Å². The van der Waals surface area contributed by atoms with Crippen molar-refractivity contribution in [3.05, 3.63) is 59.4 Å². The van der Waals surface area contributed by atoms with Gasteiger partial charge in [-0.2, -0.15) is 0 Å². The Hall–Kier alpha value is -1.08. The van der Waals surface area contributed by atoms with E-state index in [2.05, 4.69) is 0 Å². The van der Waals surface area contributed by atoms with E-state index in [0.29, 0.717) is 17.0 Å². The summed E-state index contributed by atoms with van der Waals surface area (Å²) in [5, 5.41) is 0. The van der Waals surface area contributed by atoms with Crippen LogP contribution in [0.4, 0.5) is 13.2 Å². The summed E-state index contributed by atoms with van der Waals surface area (Å²) in [4.78, 5) is 0. The predicted octanol–water partition coefficient (Wildman–Crippen LogP) is 2.40. The minimum atomic E-state index is -0.959. The van der Waals surface area contributed by atoms with E-state index in [4.69, 9.17) is 3.95 Å². The van der Waals surface area contributed by atoms with Crippen molar-refractivity contribution >= 4 is 0 Å². The zero-order valence-corrected chi connectivity index (χ0v) is 16.1. The summed E-state index contributed by atoms with van der Waals surface area (Å²) >= 11 is -0.111. The van der Waals surface area contributed by atoms with Gasteiger partial charge in [0.2, 0.25) is 0 Å². The first-order chi connectivity index (χ1) is 12.1. The minimum absolute atomic E-state index is 0.111. The number of halogens is 4. The van der Waals surface area contributed by atoms with Gasteiger partial charge in [-0.15, -0.1) is 0 Å². The van der Waals surface area contributed by atoms with Crippen LogP contribution in [0.3, 0.4) is 0 Å². The summed E-state index contributed by atoms with van der Waals surface area (Å²) in [6.07, 6.45) is 5.76. The van der Waals surface area contributed by atoms with Gasteiger partial charge in [-0.1, -0.05) is 0 Å². The summed E-state index contributed by atoms with van der Waals surface area (Å²) in [5.74, 6) is -1.10. The van der Waals surface area contributed by atoms with E-state index in [1.54, 1.807) is 12.1 Å². The van der Waals surface area contributed by atoms with E-state index >= 15 is 0 Å². The van der Waals surface area contributed by atoms with Crippen LogP contribution < -0.4 is 25.4 Å². The molecule has 2 N–H and O–H groups in total. The molecule has 3 rings (SSSR count). The third-order valence-electron chi connectivity index (χ3n) is 5.17. The molecule has 1 fully saturated rings. The van der Waals surface area contributed by atoms with Gasteiger partial charge < -0.3 is 0 Å². The summed E-state index contributed by atoms with van der Waals surface area (Å²) in [5.41, 5.74) is 1.67. The summed E-state index contributed by atoms with van der Waals surface area (Å²) in [6.45, 7) is 0. The van der Waals surface area contributed by atoms with Crippen LogP contribution in [0.1, 0.15) is 43.6 Å². The molecule has 2 aromatic rings. The molecule has 0 radical (unpaired) electrons. The molecular weight excluding hydrogens is 438 g/mol. The van der Waals surface area contributed by atoms with Crippen LogP contribution in [-0.4, -0.2) is 4.43 Å². The first-order valence-electron chi connectivity index (χ1n) is 8.61. The van der Waals surface area contributed by atoms with Crippen molar-refractivity contribution in [2.75, 3.05) is 4.43 Å². The monoisotopic (exact) mass is 460 g/mol. The van der Waals surface area contributed by atoms with Gasteiger partial charge >= 0.3 is 131 Å². The number of alkyl halides is 1. The molecule has 0 aromatic heterocycles. The molecule has 0 amide bonds. The number of nitrogens with two attached hydrogens (primary N) is 1. The van der Waals surface area contributed by atoms with Gasteiger partial charge in [0.05, 0.1) is 0 Å². The van der Waals surface area contributed by atoms with Gasteiger partial charge in [0.1, 0.15) is 0 Å². The van der Waals surface area contributed by atoms with Crippen molar-refractivity contribution in [1.82, 2.24) is 0 Å². The first kappa shape index (κ1) is 18.7. The molecule has 0 bridgehead atoms. The molecular formula is C20H22F3IN-. The van der Waals surface area contributed by atoms with Crippen LogP contribution >= 0.6 is 0 Å². The molecule has 0 heterocycles. The van der Waals surface area contributed by atoms with E-state index in [0.717, 1.165) is 36.5 Å². The fourth-order valence-electron chi connectivity index (χ4n) is 3.68. The third kappa shape index (κ3) is 4.56. The average Bonchev–Trinajstić information content (AvgIpc) is 2.63. The standard InChI is InChI=1S/C20H22F3IN/c21-18-8-6-16(12-20(18)23)17-7-5-15(11-19(17)22)14-3-1-13(2-4-14)9-10-24-25/h5-8,11-14H,1-4,9-10,25H2/q-1. The number of hydrogen-bond donors (Lipinski definition) is 1. The van der Waals surface area contributed by atoms with E-state index in [9.17, 15) is 13.2 Å². The third-order valence-corrected chi connectivity index (χ3v) is 6.41. The molecule has 1 aliphatic rings. The molecule has 1 aliphatic carbocycles. The Labute approximate surface area is 157 Å². The SMILES string of the molecule is N[I-]CCC1CCC(c2ccc(-c3ccc(F)c(F)c3)c(F)c2)CC1. The van der Waals surface area contributed by atoms with E-state index in [1.165, 1.54) is 29.8 Å². The topological polar surface area (TPSA) is 26.0 Å². The molecule has 0 atom stereocenters. The molecule has 25 heavy (non-hydrogen) atoms. The average molecular weight is 460 g/mol.